The molecule has 9 atom stereocenters. The van der Waals surface area contributed by atoms with Crippen LogP contribution in [0.4, 0.5) is 0 Å². The maximum absolute atomic E-state index is 13.0. The zero-order valence-corrected chi connectivity index (χ0v) is 20.8. The van der Waals surface area contributed by atoms with E-state index in [2.05, 4.69) is 13.8 Å². The molecule has 1 saturated heterocycles. The number of ether oxygens (including phenoxy) is 4. The van der Waals surface area contributed by atoms with Gasteiger partial charge in [-0.15, -0.1) is 0 Å². The summed E-state index contributed by atoms with van der Waals surface area (Å²) in [5, 5.41) is 0. The monoisotopic (exact) mass is 462 g/mol. The lowest BCUT2D eigenvalue weighted by molar-refractivity contribution is -0.282. The van der Waals surface area contributed by atoms with E-state index in [1.54, 1.807) is 0 Å². The molecule has 5 unspecified atom stereocenters. The third kappa shape index (κ3) is 3.17. The minimum Gasteiger partial charge on any atom is -0.462 e. The van der Waals surface area contributed by atoms with Crippen LogP contribution in [0.3, 0.4) is 0 Å². The standard InChI is InChI=1S/C26H38O7/c1-14(27)30-16-9-12-25(6)18-10-11-24(5)17(7-8-19(24)29)20(18)21-22(33-23(3,4)32-21)26(25,13-16)31-15(2)28/h16-18,20-22H,7-13H2,1-6H3/t16?,17?,18?,20?,21-,22+,24+,25-,26?/m1/s1. The van der Waals surface area contributed by atoms with Crippen LogP contribution in [0.2, 0.25) is 0 Å². The molecule has 5 rings (SSSR count). The molecule has 0 bridgehead atoms. The van der Waals surface area contributed by atoms with Crippen molar-refractivity contribution in [1.29, 1.82) is 0 Å². The van der Waals surface area contributed by atoms with Gasteiger partial charge in [0.05, 0.1) is 6.10 Å². The lowest BCUT2D eigenvalue weighted by Gasteiger charge is -2.66. The van der Waals surface area contributed by atoms with Crippen LogP contribution in [0.5, 0.6) is 0 Å². The summed E-state index contributed by atoms with van der Waals surface area (Å²) in [5.41, 5.74) is -1.63. The average Bonchev–Trinajstić information content (AvgIpc) is 3.18. The Kier molecular flexibility index (Phi) is 5.13. The first kappa shape index (κ1) is 23.3. The van der Waals surface area contributed by atoms with E-state index in [1.807, 2.05) is 13.8 Å². The highest BCUT2D eigenvalue weighted by Crippen LogP contribution is 2.70. The van der Waals surface area contributed by atoms with Crippen LogP contribution in [0.1, 0.15) is 86.5 Å². The smallest absolute Gasteiger partial charge is 0.303 e. The maximum atomic E-state index is 13.0. The van der Waals surface area contributed by atoms with Crippen molar-refractivity contribution in [3.05, 3.63) is 0 Å². The predicted octanol–water partition coefficient (Wildman–Crippen LogP) is 3.96. The van der Waals surface area contributed by atoms with Crippen molar-refractivity contribution in [2.45, 2.75) is 116 Å². The van der Waals surface area contributed by atoms with Crippen LogP contribution >= 0.6 is 0 Å². The largest absolute Gasteiger partial charge is 0.462 e. The van der Waals surface area contributed by atoms with Crippen molar-refractivity contribution in [2.24, 2.45) is 28.6 Å². The molecule has 1 aliphatic heterocycles. The molecule has 0 N–H and O–H groups in total. The first-order valence-corrected chi connectivity index (χ1v) is 12.6. The number of esters is 2. The fraction of sp³-hybridized carbons (Fsp3) is 0.885. The normalized spacial score (nSPS) is 49.9. The highest BCUT2D eigenvalue weighted by atomic mass is 16.8. The second-order valence-electron chi connectivity index (χ2n) is 12.1. The molecule has 1 heterocycles. The van der Waals surface area contributed by atoms with Gasteiger partial charge in [-0.2, -0.15) is 0 Å². The Labute approximate surface area is 196 Å². The summed E-state index contributed by atoms with van der Waals surface area (Å²) >= 11 is 0. The Bertz CT molecular complexity index is 882. The van der Waals surface area contributed by atoms with Gasteiger partial charge < -0.3 is 18.9 Å². The van der Waals surface area contributed by atoms with Gasteiger partial charge in [-0.1, -0.05) is 13.8 Å². The van der Waals surface area contributed by atoms with Gasteiger partial charge >= 0.3 is 11.9 Å². The van der Waals surface area contributed by atoms with Crippen molar-refractivity contribution in [2.75, 3.05) is 0 Å². The Balaban J connectivity index is 1.64. The zero-order chi connectivity index (χ0) is 24.0. The molecule has 33 heavy (non-hydrogen) atoms. The average molecular weight is 463 g/mol. The molecule has 4 saturated carbocycles. The van der Waals surface area contributed by atoms with Crippen LogP contribution in [0, 0.1) is 28.6 Å². The molecule has 7 nitrogen and oxygen atoms in total. The summed E-state index contributed by atoms with van der Waals surface area (Å²) in [6.07, 6.45) is 4.10. The van der Waals surface area contributed by atoms with Gasteiger partial charge in [0, 0.05) is 37.5 Å². The van der Waals surface area contributed by atoms with Crippen LogP contribution < -0.4 is 0 Å². The summed E-state index contributed by atoms with van der Waals surface area (Å²) in [6.45, 7) is 11.1. The van der Waals surface area contributed by atoms with Crippen molar-refractivity contribution in [1.82, 2.24) is 0 Å². The molecule has 0 spiro atoms. The molecule has 0 aromatic rings. The van der Waals surface area contributed by atoms with E-state index in [9.17, 15) is 14.4 Å². The topological polar surface area (TPSA) is 88.1 Å². The first-order chi connectivity index (χ1) is 15.3. The van der Waals surface area contributed by atoms with E-state index >= 15 is 0 Å². The number of rotatable bonds is 2. The number of carbonyl (C=O) groups excluding carboxylic acids is 3. The second-order valence-corrected chi connectivity index (χ2v) is 12.1. The minimum atomic E-state index is -0.951. The van der Waals surface area contributed by atoms with Crippen LogP contribution in [0.15, 0.2) is 0 Å². The van der Waals surface area contributed by atoms with E-state index in [1.165, 1.54) is 13.8 Å². The first-order valence-electron chi connectivity index (χ1n) is 12.6. The van der Waals surface area contributed by atoms with Crippen LogP contribution in [-0.4, -0.2) is 47.4 Å². The second kappa shape index (κ2) is 7.27. The van der Waals surface area contributed by atoms with Crippen molar-refractivity contribution >= 4 is 17.7 Å². The molecule has 0 aromatic carbocycles. The summed E-state index contributed by atoms with van der Waals surface area (Å²) < 4.78 is 25.1. The molecule has 5 fully saturated rings. The van der Waals surface area contributed by atoms with Crippen LogP contribution in [0.25, 0.3) is 0 Å². The number of Topliss-reactive ketones (excluding diaryl/α,β-unsaturated/α-hetero) is 1. The molecule has 4 aliphatic carbocycles. The molecule has 0 amide bonds. The molecule has 0 radical (unpaired) electrons. The molecular formula is C26H38O7. The lowest BCUT2D eigenvalue weighted by Crippen LogP contribution is -2.74. The Morgan fingerprint density at radius 3 is 2.33 bits per heavy atom. The summed E-state index contributed by atoms with van der Waals surface area (Å²) in [5.74, 6) is -0.490. The number of ketones is 1. The number of fused-ring (bicyclic) bond motifs is 8. The van der Waals surface area contributed by atoms with Gasteiger partial charge in [0.25, 0.3) is 0 Å². The highest BCUT2D eigenvalue weighted by molar-refractivity contribution is 5.87. The number of hydrogen-bond acceptors (Lipinski definition) is 7. The van der Waals surface area contributed by atoms with Crippen LogP contribution in [-0.2, 0) is 33.3 Å². The fourth-order valence-electron chi connectivity index (χ4n) is 8.69. The molecule has 0 aromatic heterocycles. The molecule has 5 aliphatic rings. The van der Waals surface area contributed by atoms with E-state index in [0.717, 1.165) is 32.1 Å². The van der Waals surface area contributed by atoms with Crippen molar-refractivity contribution in [3.63, 3.8) is 0 Å². The van der Waals surface area contributed by atoms with Gasteiger partial charge in [-0.05, 0) is 63.7 Å². The zero-order valence-electron chi connectivity index (χ0n) is 20.8. The lowest BCUT2D eigenvalue weighted by atomic mass is 9.42. The summed E-state index contributed by atoms with van der Waals surface area (Å²) in [6, 6.07) is 0. The SMILES string of the molecule is CC(=O)OC1CC[C@]2(C)C3CC[C@]4(C)C(=O)CCC4C3[C@H]3OC(C)(C)O[C@@H]3C2(OC(C)=O)C1. The summed E-state index contributed by atoms with van der Waals surface area (Å²) in [7, 11) is 0. The highest BCUT2D eigenvalue weighted by Gasteiger charge is 2.75. The molecule has 7 heteroatoms. The maximum Gasteiger partial charge on any atom is 0.303 e. The molecule has 184 valence electrons. The third-order valence-electron chi connectivity index (χ3n) is 9.97. The van der Waals surface area contributed by atoms with E-state index in [-0.39, 0.29) is 52.7 Å². The molecular weight excluding hydrogens is 424 g/mol. The minimum absolute atomic E-state index is 0.168. The van der Waals surface area contributed by atoms with Gasteiger partial charge in [0.1, 0.15) is 23.6 Å². The Morgan fingerprint density at radius 2 is 1.67 bits per heavy atom. The van der Waals surface area contributed by atoms with E-state index < -0.39 is 17.5 Å². The van der Waals surface area contributed by atoms with Gasteiger partial charge in [0.15, 0.2) is 5.79 Å². The van der Waals surface area contributed by atoms with Gasteiger partial charge in [0.2, 0.25) is 0 Å². The number of hydrogen-bond donors (Lipinski definition) is 0. The predicted molar refractivity (Wildman–Crippen MR) is 118 cm³/mol. The fourth-order valence-corrected chi connectivity index (χ4v) is 8.69. The van der Waals surface area contributed by atoms with Gasteiger partial charge in [-0.25, -0.2) is 0 Å². The van der Waals surface area contributed by atoms with Gasteiger partial charge in [-0.3, -0.25) is 14.4 Å². The van der Waals surface area contributed by atoms with E-state index in [0.29, 0.717) is 18.6 Å². The third-order valence-corrected chi connectivity index (χ3v) is 9.97. The summed E-state index contributed by atoms with van der Waals surface area (Å²) in [4.78, 5) is 37.3. The quantitative estimate of drug-likeness (QED) is 0.574. The number of carbonyl (C=O) groups is 3. The van der Waals surface area contributed by atoms with E-state index in [4.69, 9.17) is 18.9 Å². The Morgan fingerprint density at radius 1 is 0.939 bits per heavy atom. The van der Waals surface area contributed by atoms with Crippen molar-refractivity contribution < 1.29 is 33.3 Å². The van der Waals surface area contributed by atoms with Crippen molar-refractivity contribution in [3.8, 4) is 0 Å². The Hall–Kier alpha value is -1.47.